The highest BCUT2D eigenvalue weighted by atomic mass is 32.2. The van der Waals surface area contributed by atoms with Gasteiger partial charge in [-0.2, -0.15) is 0 Å². The van der Waals surface area contributed by atoms with Crippen LogP contribution in [-0.2, 0) is 19.9 Å². The quantitative estimate of drug-likeness (QED) is 0.716. The topological polar surface area (TPSA) is 92.3 Å². The van der Waals surface area contributed by atoms with Gasteiger partial charge >= 0.3 is 0 Å². The van der Waals surface area contributed by atoms with E-state index in [1.54, 1.807) is 14.0 Å². The maximum absolute atomic E-state index is 12.1. The SMILES string of the molecule is CNCCNS(=O)(=O)c1cc(S(C)(=O)=O)ccc1C. The summed E-state index contributed by atoms with van der Waals surface area (Å²) < 4.78 is 49.5. The van der Waals surface area contributed by atoms with Crippen LogP contribution in [0.25, 0.3) is 0 Å². The van der Waals surface area contributed by atoms with Crippen molar-refractivity contribution >= 4 is 19.9 Å². The van der Waals surface area contributed by atoms with Gasteiger partial charge in [-0.1, -0.05) is 6.07 Å². The number of sulfonamides is 1. The van der Waals surface area contributed by atoms with Gasteiger partial charge in [-0.15, -0.1) is 0 Å². The largest absolute Gasteiger partial charge is 0.318 e. The van der Waals surface area contributed by atoms with Crippen LogP contribution < -0.4 is 10.0 Å². The fraction of sp³-hybridized carbons (Fsp3) is 0.455. The molecule has 0 spiro atoms. The van der Waals surface area contributed by atoms with E-state index in [1.807, 2.05) is 0 Å². The first-order chi connectivity index (χ1) is 8.68. The summed E-state index contributed by atoms with van der Waals surface area (Å²) in [6.07, 6.45) is 1.04. The zero-order chi connectivity index (χ0) is 14.7. The molecule has 6 nitrogen and oxygen atoms in total. The number of nitrogens with one attached hydrogen (secondary N) is 2. The summed E-state index contributed by atoms with van der Waals surface area (Å²) in [4.78, 5) is -0.0152. The van der Waals surface area contributed by atoms with E-state index < -0.39 is 19.9 Å². The Morgan fingerprint density at radius 1 is 1.11 bits per heavy atom. The summed E-state index contributed by atoms with van der Waals surface area (Å²) in [7, 11) is -5.42. The van der Waals surface area contributed by atoms with E-state index in [-0.39, 0.29) is 16.3 Å². The average molecular weight is 306 g/mol. The molecule has 0 aromatic heterocycles. The Kier molecular flexibility index (Phi) is 5.08. The molecule has 108 valence electrons. The molecule has 0 amide bonds. The van der Waals surface area contributed by atoms with Gasteiger partial charge in [0, 0.05) is 19.3 Å². The van der Waals surface area contributed by atoms with Crippen LogP contribution in [0, 0.1) is 6.92 Å². The molecule has 0 bridgehead atoms. The van der Waals surface area contributed by atoms with Crippen LogP contribution in [-0.4, -0.2) is 43.2 Å². The Balaban J connectivity index is 3.19. The summed E-state index contributed by atoms with van der Waals surface area (Å²) in [5, 5.41) is 2.82. The van der Waals surface area contributed by atoms with Crippen LogP contribution >= 0.6 is 0 Å². The number of hydrogen-bond acceptors (Lipinski definition) is 5. The number of benzene rings is 1. The third kappa shape index (κ3) is 4.27. The highest BCUT2D eigenvalue weighted by Gasteiger charge is 2.19. The minimum absolute atomic E-state index is 0.00732. The third-order valence-electron chi connectivity index (χ3n) is 2.54. The highest BCUT2D eigenvalue weighted by Crippen LogP contribution is 2.19. The fourth-order valence-electron chi connectivity index (χ4n) is 1.49. The van der Waals surface area contributed by atoms with Crippen LogP contribution in [0.5, 0.6) is 0 Å². The van der Waals surface area contributed by atoms with Crippen LogP contribution in [0.2, 0.25) is 0 Å². The summed E-state index contributed by atoms with van der Waals surface area (Å²) in [6, 6.07) is 4.08. The summed E-state index contributed by atoms with van der Waals surface area (Å²) >= 11 is 0. The zero-order valence-electron chi connectivity index (χ0n) is 11.1. The van der Waals surface area contributed by atoms with Gasteiger partial charge in [0.1, 0.15) is 0 Å². The predicted octanol–water partition coefficient (Wildman–Crippen LogP) is -0.104. The molecule has 0 atom stereocenters. The first-order valence-electron chi connectivity index (χ1n) is 5.63. The van der Waals surface area contributed by atoms with Gasteiger partial charge in [0.25, 0.3) is 0 Å². The van der Waals surface area contributed by atoms with Gasteiger partial charge in [0.2, 0.25) is 10.0 Å². The molecule has 19 heavy (non-hydrogen) atoms. The molecular weight excluding hydrogens is 288 g/mol. The Morgan fingerprint density at radius 2 is 1.74 bits per heavy atom. The van der Waals surface area contributed by atoms with E-state index in [0.29, 0.717) is 12.1 Å². The zero-order valence-corrected chi connectivity index (χ0v) is 12.7. The Hall–Kier alpha value is -0.960. The van der Waals surface area contributed by atoms with Crippen LogP contribution in [0.15, 0.2) is 28.0 Å². The smallest absolute Gasteiger partial charge is 0.240 e. The molecule has 2 N–H and O–H groups in total. The number of hydrogen-bond donors (Lipinski definition) is 2. The van der Waals surface area contributed by atoms with E-state index in [0.717, 1.165) is 6.26 Å². The van der Waals surface area contributed by atoms with Crippen molar-refractivity contribution < 1.29 is 16.8 Å². The number of aryl methyl sites for hydroxylation is 1. The Bertz CT molecular complexity index is 651. The molecule has 0 saturated carbocycles. The molecule has 0 radical (unpaired) electrons. The van der Waals surface area contributed by atoms with Gasteiger partial charge in [0.05, 0.1) is 9.79 Å². The highest BCUT2D eigenvalue weighted by molar-refractivity contribution is 7.91. The molecule has 1 rings (SSSR count). The molecule has 0 saturated heterocycles. The lowest BCUT2D eigenvalue weighted by atomic mass is 10.2. The van der Waals surface area contributed by atoms with Crippen molar-refractivity contribution in [3.05, 3.63) is 23.8 Å². The molecule has 0 aliphatic rings. The lowest BCUT2D eigenvalue weighted by molar-refractivity contribution is 0.578. The fourth-order valence-corrected chi connectivity index (χ4v) is 3.51. The lowest BCUT2D eigenvalue weighted by Gasteiger charge is -2.10. The predicted molar refractivity (Wildman–Crippen MR) is 73.4 cm³/mol. The molecule has 0 fully saturated rings. The normalized spacial score (nSPS) is 12.6. The molecule has 1 aromatic carbocycles. The minimum atomic E-state index is -3.70. The molecule has 8 heteroatoms. The number of likely N-dealkylation sites (N-methyl/N-ethyl adjacent to an activating group) is 1. The number of sulfone groups is 1. The maximum atomic E-state index is 12.1. The first kappa shape index (κ1) is 16.1. The Labute approximate surface area is 114 Å². The summed E-state index contributed by atoms with van der Waals surface area (Å²) in [5.41, 5.74) is 0.504. The Morgan fingerprint density at radius 3 is 2.26 bits per heavy atom. The van der Waals surface area contributed by atoms with Gasteiger partial charge in [-0.05, 0) is 31.7 Å². The first-order valence-corrected chi connectivity index (χ1v) is 9.01. The maximum Gasteiger partial charge on any atom is 0.240 e. The van der Waals surface area contributed by atoms with E-state index in [9.17, 15) is 16.8 Å². The second-order valence-electron chi connectivity index (χ2n) is 4.20. The van der Waals surface area contributed by atoms with E-state index in [1.165, 1.54) is 18.2 Å². The van der Waals surface area contributed by atoms with Gasteiger partial charge < -0.3 is 5.32 Å². The van der Waals surface area contributed by atoms with E-state index in [2.05, 4.69) is 10.0 Å². The third-order valence-corrected chi connectivity index (χ3v) is 5.26. The van der Waals surface area contributed by atoms with E-state index >= 15 is 0 Å². The van der Waals surface area contributed by atoms with Crippen LogP contribution in [0.1, 0.15) is 5.56 Å². The summed E-state index contributed by atoms with van der Waals surface area (Å²) in [6.45, 7) is 2.35. The monoisotopic (exact) mass is 306 g/mol. The van der Waals surface area contributed by atoms with Crippen molar-refractivity contribution in [1.29, 1.82) is 0 Å². The van der Waals surface area contributed by atoms with Crippen LogP contribution in [0.4, 0.5) is 0 Å². The molecule has 0 aliphatic heterocycles. The second-order valence-corrected chi connectivity index (χ2v) is 7.95. The van der Waals surface area contributed by atoms with Crippen molar-refractivity contribution in [2.75, 3.05) is 26.4 Å². The minimum Gasteiger partial charge on any atom is -0.318 e. The molecule has 0 aliphatic carbocycles. The van der Waals surface area contributed by atoms with Gasteiger partial charge in [-0.3, -0.25) is 0 Å². The van der Waals surface area contributed by atoms with Crippen molar-refractivity contribution in [2.24, 2.45) is 0 Å². The van der Waals surface area contributed by atoms with Gasteiger partial charge in [0.15, 0.2) is 9.84 Å². The van der Waals surface area contributed by atoms with Crippen molar-refractivity contribution in [1.82, 2.24) is 10.0 Å². The van der Waals surface area contributed by atoms with Crippen LogP contribution in [0.3, 0.4) is 0 Å². The average Bonchev–Trinajstić information content (AvgIpc) is 2.27. The second kappa shape index (κ2) is 6.00. The van der Waals surface area contributed by atoms with Crippen molar-refractivity contribution in [3.8, 4) is 0 Å². The molecule has 0 heterocycles. The molecular formula is C11H18N2O4S2. The number of rotatable bonds is 6. The van der Waals surface area contributed by atoms with E-state index in [4.69, 9.17) is 0 Å². The van der Waals surface area contributed by atoms with Crippen molar-refractivity contribution in [2.45, 2.75) is 16.7 Å². The van der Waals surface area contributed by atoms with Crippen molar-refractivity contribution in [3.63, 3.8) is 0 Å². The molecule has 0 unspecified atom stereocenters. The summed E-state index contributed by atoms with van der Waals surface area (Å²) in [5.74, 6) is 0. The molecule has 1 aromatic rings. The van der Waals surface area contributed by atoms with Gasteiger partial charge in [-0.25, -0.2) is 21.6 Å². The standard InChI is InChI=1S/C11H18N2O4S2/c1-9-4-5-10(18(3,14)15)8-11(9)19(16,17)13-7-6-12-2/h4-5,8,12-13H,6-7H2,1-3H3. The lowest BCUT2D eigenvalue weighted by Crippen LogP contribution is -2.31.